The van der Waals surface area contributed by atoms with Crippen molar-refractivity contribution in [2.24, 2.45) is 0 Å². The van der Waals surface area contributed by atoms with E-state index in [2.05, 4.69) is 15.9 Å². The molecule has 1 aromatic rings. The van der Waals surface area contributed by atoms with Gasteiger partial charge in [0, 0.05) is 5.69 Å². The van der Waals surface area contributed by atoms with Gasteiger partial charge in [0.2, 0.25) is 0 Å². The number of carbonyl (C=O) groups is 1. The van der Waals surface area contributed by atoms with Crippen molar-refractivity contribution in [2.45, 2.75) is 39.2 Å². The summed E-state index contributed by atoms with van der Waals surface area (Å²) in [5.41, 5.74) is 0.696. The third kappa shape index (κ3) is 3.87. The molecule has 0 aliphatic rings. The lowest BCUT2D eigenvalue weighted by molar-refractivity contribution is -0.155. The third-order valence-corrected chi connectivity index (χ3v) is 1.93. The number of esters is 1. The number of nitrogens with zero attached hydrogens (tertiary/aromatic N) is 2. The zero-order valence-corrected chi connectivity index (χ0v) is 10.5. The summed E-state index contributed by atoms with van der Waals surface area (Å²) in [7, 11) is 0. The van der Waals surface area contributed by atoms with Crippen LogP contribution in [0.4, 0.5) is 0 Å². The van der Waals surface area contributed by atoms with Crippen molar-refractivity contribution in [1.29, 1.82) is 0 Å². The Labute approximate surface area is 101 Å². The van der Waals surface area contributed by atoms with E-state index in [0.717, 1.165) is 5.69 Å². The standard InChI is InChI=1S/C13H16N2O2/c1-6-10(12(16)17-13(3,4)5)11-7-9(2)14-8-15-11/h1,7-8,10H,2-5H3. The lowest BCUT2D eigenvalue weighted by Crippen LogP contribution is -2.27. The predicted molar refractivity (Wildman–Crippen MR) is 64.2 cm³/mol. The maximum absolute atomic E-state index is 11.9. The highest BCUT2D eigenvalue weighted by Gasteiger charge is 2.26. The van der Waals surface area contributed by atoms with E-state index in [0.29, 0.717) is 5.69 Å². The summed E-state index contributed by atoms with van der Waals surface area (Å²) in [6.45, 7) is 7.20. The number of carbonyl (C=O) groups excluding carboxylic acids is 1. The quantitative estimate of drug-likeness (QED) is 0.576. The first-order valence-corrected chi connectivity index (χ1v) is 5.31. The van der Waals surface area contributed by atoms with Crippen LogP contribution >= 0.6 is 0 Å². The van der Waals surface area contributed by atoms with E-state index in [1.807, 2.05) is 6.92 Å². The zero-order valence-electron chi connectivity index (χ0n) is 10.5. The van der Waals surface area contributed by atoms with E-state index in [4.69, 9.17) is 11.2 Å². The molecule has 0 bridgehead atoms. The van der Waals surface area contributed by atoms with E-state index in [1.165, 1.54) is 6.33 Å². The number of hydrogen-bond donors (Lipinski definition) is 0. The molecule has 4 nitrogen and oxygen atoms in total. The van der Waals surface area contributed by atoms with Crippen LogP contribution in [-0.2, 0) is 9.53 Å². The molecule has 0 saturated carbocycles. The Morgan fingerprint density at radius 3 is 2.59 bits per heavy atom. The van der Waals surface area contributed by atoms with Crippen molar-refractivity contribution in [3.05, 3.63) is 23.8 Å². The Bertz CT molecular complexity index is 455. The third-order valence-electron chi connectivity index (χ3n) is 1.93. The van der Waals surface area contributed by atoms with Crippen LogP contribution < -0.4 is 0 Å². The summed E-state index contributed by atoms with van der Waals surface area (Å²) >= 11 is 0. The van der Waals surface area contributed by atoms with Gasteiger partial charge in [0.05, 0.1) is 5.69 Å². The molecule has 0 aliphatic heterocycles. The highest BCUT2D eigenvalue weighted by atomic mass is 16.6. The summed E-state index contributed by atoms with van der Waals surface area (Å²) < 4.78 is 5.24. The summed E-state index contributed by atoms with van der Waals surface area (Å²) in [6, 6.07) is 1.69. The van der Waals surface area contributed by atoms with Gasteiger partial charge in [-0.2, -0.15) is 0 Å². The number of hydrogen-bond acceptors (Lipinski definition) is 4. The zero-order chi connectivity index (χ0) is 13.1. The van der Waals surface area contributed by atoms with Gasteiger partial charge < -0.3 is 4.74 Å². The molecular formula is C13H16N2O2. The molecule has 17 heavy (non-hydrogen) atoms. The molecular weight excluding hydrogens is 216 g/mol. The summed E-state index contributed by atoms with van der Waals surface area (Å²) in [4.78, 5) is 19.8. The van der Waals surface area contributed by atoms with Crippen LogP contribution in [0, 0.1) is 19.3 Å². The number of terminal acetylenes is 1. The molecule has 0 radical (unpaired) electrons. The summed E-state index contributed by atoms with van der Waals surface area (Å²) in [5, 5.41) is 0. The van der Waals surface area contributed by atoms with Crippen LogP contribution in [0.15, 0.2) is 12.4 Å². The van der Waals surface area contributed by atoms with E-state index < -0.39 is 17.5 Å². The van der Waals surface area contributed by atoms with E-state index in [-0.39, 0.29) is 0 Å². The Kier molecular flexibility index (Phi) is 3.84. The Hall–Kier alpha value is -1.89. The minimum Gasteiger partial charge on any atom is -0.459 e. The van der Waals surface area contributed by atoms with E-state index >= 15 is 0 Å². The lowest BCUT2D eigenvalue weighted by Gasteiger charge is -2.21. The minimum absolute atomic E-state index is 0.460. The second kappa shape index (κ2) is 4.96. The Balaban J connectivity index is 2.94. The van der Waals surface area contributed by atoms with Crippen molar-refractivity contribution in [1.82, 2.24) is 9.97 Å². The molecule has 1 atom stereocenters. The molecule has 0 aromatic carbocycles. The van der Waals surface area contributed by atoms with Gasteiger partial charge >= 0.3 is 5.97 Å². The molecule has 0 fully saturated rings. The first-order chi connectivity index (χ1) is 7.83. The largest absolute Gasteiger partial charge is 0.459 e. The number of aryl methyl sites for hydroxylation is 1. The van der Waals surface area contributed by atoms with Crippen LogP contribution in [-0.4, -0.2) is 21.5 Å². The monoisotopic (exact) mass is 232 g/mol. The van der Waals surface area contributed by atoms with Gasteiger partial charge in [0.1, 0.15) is 11.9 Å². The minimum atomic E-state index is -0.782. The fourth-order valence-corrected chi connectivity index (χ4v) is 1.27. The van der Waals surface area contributed by atoms with Gasteiger partial charge in [0.15, 0.2) is 5.92 Å². The van der Waals surface area contributed by atoms with Crippen LogP contribution in [0.1, 0.15) is 38.1 Å². The maximum atomic E-state index is 11.9. The van der Waals surface area contributed by atoms with Crippen molar-refractivity contribution in [3.63, 3.8) is 0 Å². The molecule has 1 aromatic heterocycles. The van der Waals surface area contributed by atoms with Gasteiger partial charge in [-0.25, -0.2) is 9.97 Å². The summed E-state index contributed by atoms with van der Waals surface area (Å²) in [5.74, 6) is 1.16. The molecule has 0 N–H and O–H groups in total. The van der Waals surface area contributed by atoms with Crippen molar-refractivity contribution >= 4 is 5.97 Å². The van der Waals surface area contributed by atoms with Crippen LogP contribution in [0.25, 0.3) is 0 Å². The lowest BCUT2D eigenvalue weighted by atomic mass is 10.1. The normalized spacial score (nSPS) is 12.6. The van der Waals surface area contributed by atoms with Crippen LogP contribution in [0.5, 0.6) is 0 Å². The molecule has 90 valence electrons. The van der Waals surface area contributed by atoms with Gasteiger partial charge in [-0.3, -0.25) is 4.79 Å². The molecule has 4 heteroatoms. The molecule has 0 saturated heterocycles. The SMILES string of the molecule is C#CC(C(=O)OC(C)(C)C)c1cc(C)ncn1. The first kappa shape index (κ1) is 13.2. The average Bonchev–Trinajstić information content (AvgIpc) is 2.15. The fourth-order valence-electron chi connectivity index (χ4n) is 1.27. The number of rotatable bonds is 2. The van der Waals surface area contributed by atoms with Crippen LogP contribution in [0.3, 0.4) is 0 Å². The Morgan fingerprint density at radius 1 is 1.47 bits per heavy atom. The average molecular weight is 232 g/mol. The molecule has 1 heterocycles. The van der Waals surface area contributed by atoms with Gasteiger partial charge in [-0.1, -0.05) is 5.92 Å². The fraction of sp³-hybridized carbons (Fsp3) is 0.462. The second-order valence-electron chi connectivity index (χ2n) is 4.72. The predicted octanol–water partition coefficient (Wildman–Crippen LogP) is 1.84. The maximum Gasteiger partial charge on any atom is 0.327 e. The topological polar surface area (TPSA) is 52.1 Å². The van der Waals surface area contributed by atoms with E-state index in [1.54, 1.807) is 26.8 Å². The molecule has 1 unspecified atom stereocenters. The molecule has 0 aliphatic carbocycles. The number of aromatic nitrogens is 2. The molecule has 0 spiro atoms. The second-order valence-corrected chi connectivity index (χ2v) is 4.72. The van der Waals surface area contributed by atoms with Crippen molar-refractivity contribution in [3.8, 4) is 12.3 Å². The van der Waals surface area contributed by atoms with Crippen molar-refractivity contribution < 1.29 is 9.53 Å². The molecule has 0 amide bonds. The number of ether oxygens (including phenoxy) is 1. The van der Waals surface area contributed by atoms with Gasteiger partial charge in [-0.15, -0.1) is 6.42 Å². The van der Waals surface area contributed by atoms with Gasteiger partial charge in [-0.05, 0) is 33.8 Å². The van der Waals surface area contributed by atoms with Crippen LogP contribution in [0.2, 0.25) is 0 Å². The molecule has 1 rings (SSSR count). The van der Waals surface area contributed by atoms with Gasteiger partial charge in [0.25, 0.3) is 0 Å². The smallest absolute Gasteiger partial charge is 0.327 e. The Morgan fingerprint density at radius 2 is 2.12 bits per heavy atom. The van der Waals surface area contributed by atoms with E-state index in [9.17, 15) is 4.79 Å². The first-order valence-electron chi connectivity index (χ1n) is 5.31. The highest BCUT2D eigenvalue weighted by molar-refractivity contribution is 5.81. The van der Waals surface area contributed by atoms with Crippen molar-refractivity contribution in [2.75, 3.05) is 0 Å². The summed E-state index contributed by atoms with van der Waals surface area (Å²) in [6.07, 6.45) is 6.75. The highest BCUT2D eigenvalue weighted by Crippen LogP contribution is 2.18.